The zero-order valence-corrected chi connectivity index (χ0v) is 17.8. The smallest absolute Gasteiger partial charge is 0.223 e. The van der Waals surface area contributed by atoms with Crippen molar-refractivity contribution in [2.45, 2.75) is 46.3 Å². The Hall–Kier alpha value is -2.60. The van der Waals surface area contributed by atoms with E-state index in [9.17, 15) is 14.7 Å². The normalized spacial score (nSPS) is 15.1. The van der Waals surface area contributed by atoms with Crippen LogP contribution in [0, 0.1) is 17.8 Å². The van der Waals surface area contributed by atoms with E-state index in [1.54, 1.807) is 18.1 Å². The highest BCUT2D eigenvalue weighted by Gasteiger charge is 2.27. The number of carbonyl (C=O) groups excluding carboxylic acids is 2. The standard InChI is InChI=1S/C11H11NO2.C10H19NO2.H4N2/c1-3-9-4-5-10(7-12-8-13)11(6-9)14-2;1-10(2,3)6-9(13)11-5-4-8(12)7-11;1-2/h1,4-6,8H,7H2,2H3,(H,12,13);8,12H,4-7H2,1-3H3;1-2H2. The fourth-order valence-electron chi connectivity index (χ4n) is 2.67. The second-order valence-corrected chi connectivity index (χ2v) is 7.69. The molecule has 2 rings (SSSR count). The summed E-state index contributed by atoms with van der Waals surface area (Å²) in [7, 11) is 1.57. The van der Waals surface area contributed by atoms with E-state index in [4.69, 9.17) is 11.2 Å². The molecule has 2 amide bonds. The van der Waals surface area contributed by atoms with E-state index in [0.717, 1.165) is 24.1 Å². The number of hydrogen-bond acceptors (Lipinski definition) is 6. The minimum atomic E-state index is -0.302. The third-order valence-corrected chi connectivity index (χ3v) is 4.03. The van der Waals surface area contributed by atoms with Crippen LogP contribution in [0.1, 0.15) is 44.7 Å². The highest BCUT2D eigenvalue weighted by molar-refractivity contribution is 5.77. The molecule has 6 N–H and O–H groups in total. The van der Waals surface area contributed by atoms with Crippen LogP contribution in [0.5, 0.6) is 5.75 Å². The Labute approximate surface area is 173 Å². The van der Waals surface area contributed by atoms with Gasteiger partial charge in [-0.05, 0) is 24.0 Å². The number of hydrazine groups is 1. The molecule has 1 aliphatic rings. The Balaban J connectivity index is 0.000000499. The van der Waals surface area contributed by atoms with Crippen LogP contribution in [0.4, 0.5) is 0 Å². The summed E-state index contributed by atoms with van der Waals surface area (Å²) >= 11 is 0. The molecule has 0 radical (unpaired) electrons. The molecule has 1 aliphatic heterocycles. The first-order valence-corrected chi connectivity index (χ1v) is 9.30. The maximum absolute atomic E-state index is 11.6. The number of aliphatic hydroxyl groups excluding tert-OH is 1. The number of nitrogens with zero attached hydrogens (tertiary/aromatic N) is 1. The molecule has 1 fully saturated rings. The van der Waals surface area contributed by atoms with Gasteiger partial charge in [0.25, 0.3) is 0 Å². The summed E-state index contributed by atoms with van der Waals surface area (Å²) in [6, 6.07) is 5.41. The minimum absolute atomic E-state index is 0.0463. The van der Waals surface area contributed by atoms with Gasteiger partial charge in [0.05, 0.1) is 13.2 Å². The maximum Gasteiger partial charge on any atom is 0.223 e. The van der Waals surface area contributed by atoms with Crippen molar-refractivity contribution in [3.8, 4) is 18.1 Å². The van der Waals surface area contributed by atoms with E-state index < -0.39 is 0 Å². The number of likely N-dealkylation sites (tertiary alicyclic amines) is 1. The molecule has 29 heavy (non-hydrogen) atoms. The monoisotopic (exact) mass is 406 g/mol. The van der Waals surface area contributed by atoms with Crippen LogP contribution in [0.2, 0.25) is 0 Å². The lowest BCUT2D eigenvalue weighted by Gasteiger charge is -2.22. The molecule has 0 spiro atoms. The van der Waals surface area contributed by atoms with Gasteiger partial charge in [-0.25, -0.2) is 0 Å². The number of benzene rings is 1. The van der Waals surface area contributed by atoms with Crippen LogP contribution in [-0.2, 0) is 16.1 Å². The first-order valence-electron chi connectivity index (χ1n) is 9.30. The van der Waals surface area contributed by atoms with Gasteiger partial charge in [-0.1, -0.05) is 32.8 Å². The van der Waals surface area contributed by atoms with Gasteiger partial charge in [0.2, 0.25) is 12.3 Å². The highest BCUT2D eigenvalue weighted by Crippen LogP contribution is 2.21. The second-order valence-electron chi connectivity index (χ2n) is 7.69. The van der Waals surface area contributed by atoms with Crippen molar-refractivity contribution in [1.82, 2.24) is 10.2 Å². The number of nitrogens with one attached hydrogen (secondary N) is 1. The number of amides is 2. The Bertz CT molecular complexity index is 680. The van der Waals surface area contributed by atoms with Crippen LogP contribution in [0.3, 0.4) is 0 Å². The van der Waals surface area contributed by atoms with Gasteiger partial charge in [0.15, 0.2) is 0 Å². The Morgan fingerprint density at radius 1 is 1.45 bits per heavy atom. The number of nitrogens with two attached hydrogens (primary N) is 2. The molecule has 162 valence electrons. The summed E-state index contributed by atoms with van der Waals surface area (Å²) in [5.41, 5.74) is 1.71. The van der Waals surface area contributed by atoms with Gasteiger partial charge >= 0.3 is 0 Å². The predicted molar refractivity (Wildman–Crippen MR) is 113 cm³/mol. The lowest BCUT2D eigenvalue weighted by Crippen LogP contribution is -2.32. The number of ether oxygens (including phenoxy) is 1. The molecule has 0 aliphatic carbocycles. The Morgan fingerprint density at radius 2 is 2.10 bits per heavy atom. The van der Waals surface area contributed by atoms with Gasteiger partial charge in [-0.2, -0.15) is 0 Å². The summed E-state index contributed by atoms with van der Waals surface area (Å²) < 4.78 is 5.13. The number of rotatable bonds is 5. The summed E-state index contributed by atoms with van der Waals surface area (Å²) in [4.78, 5) is 23.5. The van der Waals surface area contributed by atoms with Crippen molar-refractivity contribution in [2.24, 2.45) is 17.1 Å². The SMILES string of the molecule is C#Cc1ccc(CNC=O)c(OC)c1.CC(C)(C)CC(=O)N1CCC(O)C1.NN. The van der Waals surface area contributed by atoms with Crippen molar-refractivity contribution in [1.29, 1.82) is 0 Å². The quantitative estimate of drug-likeness (QED) is 0.247. The molecule has 1 aromatic rings. The van der Waals surface area contributed by atoms with Gasteiger partial charge in [-0.15, -0.1) is 6.42 Å². The molecule has 0 bridgehead atoms. The van der Waals surface area contributed by atoms with Crippen molar-refractivity contribution in [2.75, 3.05) is 20.2 Å². The molecule has 0 aromatic heterocycles. The summed E-state index contributed by atoms with van der Waals surface area (Å²) in [5.74, 6) is 11.4. The van der Waals surface area contributed by atoms with Crippen LogP contribution in [0.15, 0.2) is 18.2 Å². The van der Waals surface area contributed by atoms with Crippen LogP contribution < -0.4 is 21.7 Å². The highest BCUT2D eigenvalue weighted by atomic mass is 16.5. The molecule has 1 saturated heterocycles. The van der Waals surface area contributed by atoms with Gasteiger partial charge in [0, 0.05) is 37.2 Å². The summed E-state index contributed by atoms with van der Waals surface area (Å²) in [5, 5.41) is 11.8. The van der Waals surface area contributed by atoms with E-state index in [1.807, 2.05) is 12.1 Å². The molecule has 8 heteroatoms. The molecule has 1 aromatic carbocycles. The largest absolute Gasteiger partial charge is 0.496 e. The third-order valence-electron chi connectivity index (χ3n) is 4.03. The first-order chi connectivity index (χ1) is 13.7. The zero-order chi connectivity index (χ0) is 22.4. The van der Waals surface area contributed by atoms with E-state index in [-0.39, 0.29) is 17.4 Å². The van der Waals surface area contributed by atoms with Crippen LogP contribution in [-0.4, -0.2) is 48.6 Å². The molecule has 1 heterocycles. The van der Waals surface area contributed by atoms with Gasteiger partial charge in [0.1, 0.15) is 5.75 Å². The van der Waals surface area contributed by atoms with E-state index in [0.29, 0.717) is 31.7 Å². The first kappa shape index (κ1) is 26.4. The fraction of sp³-hybridized carbons (Fsp3) is 0.524. The van der Waals surface area contributed by atoms with E-state index in [1.165, 1.54) is 0 Å². The van der Waals surface area contributed by atoms with E-state index in [2.05, 4.69) is 43.7 Å². The van der Waals surface area contributed by atoms with Crippen LogP contribution in [0.25, 0.3) is 0 Å². The second kappa shape index (κ2) is 13.6. The van der Waals surface area contributed by atoms with Gasteiger partial charge in [-0.3, -0.25) is 21.3 Å². The lowest BCUT2D eigenvalue weighted by molar-refractivity contribution is -0.132. The third kappa shape index (κ3) is 10.5. The number of β-amino-alcohol motifs (C(OH)–C–C–N with tert-alkyl or cyclic N) is 1. The molecular formula is C21H34N4O4. The van der Waals surface area contributed by atoms with Gasteiger partial charge < -0.3 is 20.1 Å². The molecule has 8 nitrogen and oxygen atoms in total. The molecular weight excluding hydrogens is 372 g/mol. The Morgan fingerprint density at radius 3 is 2.55 bits per heavy atom. The summed E-state index contributed by atoms with van der Waals surface area (Å²) in [6.07, 6.45) is 6.89. The number of terminal acetylenes is 1. The average Bonchev–Trinajstić information content (AvgIpc) is 3.13. The number of methoxy groups -OCH3 is 1. The van der Waals surface area contributed by atoms with Crippen LogP contribution >= 0.6 is 0 Å². The number of aliphatic hydroxyl groups is 1. The van der Waals surface area contributed by atoms with Crippen molar-refractivity contribution in [3.63, 3.8) is 0 Å². The number of hydrogen-bond donors (Lipinski definition) is 4. The minimum Gasteiger partial charge on any atom is -0.496 e. The predicted octanol–water partition coefficient (Wildman–Crippen LogP) is 0.757. The van der Waals surface area contributed by atoms with Crippen molar-refractivity contribution >= 4 is 12.3 Å². The molecule has 1 unspecified atom stereocenters. The topological polar surface area (TPSA) is 131 Å². The Kier molecular flexibility index (Phi) is 12.3. The maximum atomic E-state index is 11.6. The number of carbonyl (C=O) groups is 2. The summed E-state index contributed by atoms with van der Waals surface area (Å²) in [6.45, 7) is 7.84. The fourth-order valence-corrected chi connectivity index (χ4v) is 2.67. The van der Waals surface area contributed by atoms with Crippen molar-refractivity contribution < 1.29 is 19.4 Å². The van der Waals surface area contributed by atoms with Crippen molar-refractivity contribution in [3.05, 3.63) is 29.3 Å². The molecule has 0 saturated carbocycles. The zero-order valence-electron chi connectivity index (χ0n) is 17.8. The lowest BCUT2D eigenvalue weighted by atomic mass is 9.92. The average molecular weight is 407 g/mol. The van der Waals surface area contributed by atoms with E-state index >= 15 is 0 Å². The molecule has 1 atom stereocenters.